The van der Waals surface area contributed by atoms with Crippen molar-refractivity contribution in [2.24, 2.45) is 0 Å². The maximum absolute atomic E-state index is 12.5. The summed E-state index contributed by atoms with van der Waals surface area (Å²) in [7, 11) is 5.47. The van der Waals surface area contributed by atoms with Crippen LogP contribution < -0.4 is 0 Å². The van der Waals surface area contributed by atoms with Crippen molar-refractivity contribution >= 4 is 17.9 Å². The van der Waals surface area contributed by atoms with Gasteiger partial charge in [-0.25, -0.2) is 4.79 Å². The highest BCUT2D eigenvalue weighted by molar-refractivity contribution is 5.72. The van der Waals surface area contributed by atoms with Gasteiger partial charge in [0.25, 0.3) is 0 Å². The molecule has 8 nitrogen and oxygen atoms in total. The lowest BCUT2D eigenvalue weighted by Gasteiger charge is -2.31. The van der Waals surface area contributed by atoms with Gasteiger partial charge >= 0.3 is 17.9 Å². The maximum Gasteiger partial charge on any atom is 0.362 e. The van der Waals surface area contributed by atoms with E-state index in [4.69, 9.17) is 14.2 Å². The van der Waals surface area contributed by atoms with E-state index < -0.39 is 18.1 Å². The predicted molar refractivity (Wildman–Crippen MR) is 174 cm³/mol. The average Bonchev–Trinajstić information content (AvgIpc) is 2.94. The van der Waals surface area contributed by atoms with E-state index in [-0.39, 0.29) is 49.1 Å². The van der Waals surface area contributed by atoms with E-state index in [2.05, 4.69) is 56.4 Å². The van der Waals surface area contributed by atoms with Gasteiger partial charge in [-0.15, -0.1) is 0 Å². The second-order valence-corrected chi connectivity index (χ2v) is 11.7. The molecule has 0 radical (unpaired) electrons. The van der Waals surface area contributed by atoms with Gasteiger partial charge in [0.1, 0.15) is 6.61 Å². The van der Waals surface area contributed by atoms with E-state index in [9.17, 15) is 19.5 Å². The molecule has 0 rings (SSSR count). The average molecular weight is 607 g/mol. The van der Waals surface area contributed by atoms with Gasteiger partial charge < -0.3 is 23.8 Å². The van der Waals surface area contributed by atoms with Crippen molar-refractivity contribution in [3.63, 3.8) is 0 Å². The van der Waals surface area contributed by atoms with Gasteiger partial charge in [-0.05, 0) is 57.8 Å². The first-order valence-electron chi connectivity index (χ1n) is 16.2. The van der Waals surface area contributed by atoms with Crippen LogP contribution in [0.1, 0.15) is 104 Å². The van der Waals surface area contributed by atoms with Gasteiger partial charge in [0.15, 0.2) is 12.1 Å². The molecule has 0 amide bonds. The van der Waals surface area contributed by atoms with Crippen molar-refractivity contribution in [1.29, 1.82) is 0 Å². The molecule has 0 heterocycles. The molecule has 0 aromatic rings. The van der Waals surface area contributed by atoms with Crippen molar-refractivity contribution in [2.45, 2.75) is 116 Å². The zero-order chi connectivity index (χ0) is 32.2. The second-order valence-electron chi connectivity index (χ2n) is 11.7. The number of ether oxygens (including phenoxy) is 3. The van der Waals surface area contributed by atoms with Crippen LogP contribution in [0.5, 0.6) is 0 Å². The number of allylic oxidation sites excluding steroid dienone is 8. The van der Waals surface area contributed by atoms with E-state index in [1.54, 1.807) is 0 Å². The molecule has 1 N–H and O–H groups in total. The van der Waals surface area contributed by atoms with E-state index in [0.717, 1.165) is 44.9 Å². The van der Waals surface area contributed by atoms with E-state index in [0.29, 0.717) is 19.3 Å². The zero-order valence-electron chi connectivity index (χ0n) is 27.6. The molecule has 0 aromatic carbocycles. The Morgan fingerprint density at radius 3 is 1.95 bits per heavy atom. The fourth-order valence-corrected chi connectivity index (χ4v) is 4.18. The summed E-state index contributed by atoms with van der Waals surface area (Å²) < 4.78 is 17.0. The van der Waals surface area contributed by atoms with Crippen LogP contribution in [0.4, 0.5) is 0 Å². The number of hydrogen-bond acceptors (Lipinski definition) is 6. The van der Waals surface area contributed by atoms with Crippen molar-refractivity contribution in [3.05, 3.63) is 48.6 Å². The third kappa shape index (κ3) is 25.5. The Morgan fingerprint density at radius 2 is 1.33 bits per heavy atom. The fourth-order valence-electron chi connectivity index (χ4n) is 4.18. The Kier molecular flexibility index (Phi) is 25.2. The number of hydrogen-bond donors (Lipinski definition) is 1. The molecule has 0 saturated heterocycles. The first kappa shape index (κ1) is 40.3. The van der Waals surface area contributed by atoms with Gasteiger partial charge in [0, 0.05) is 19.3 Å². The number of unbranched alkanes of at least 4 members (excludes halogenated alkanes) is 5. The number of carbonyl (C=O) groups excluding carboxylic acids is 2. The number of quaternary nitrogens is 1. The number of esters is 2. The number of carbonyl (C=O) groups is 3. The van der Waals surface area contributed by atoms with Gasteiger partial charge in [0.05, 0.1) is 34.4 Å². The summed E-state index contributed by atoms with van der Waals surface area (Å²) in [6.07, 6.45) is 27.6. The van der Waals surface area contributed by atoms with E-state index in [1.807, 2.05) is 27.2 Å². The quantitative estimate of drug-likeness (QED) is 0.0452. The summed E-state index contributed by atoms with van der Waals surface area (Å²) in [6.45, 7) is 4.42. The minimum atomic E-state index is -0.890. The summed E-state index contributed by atoms with van der Waals surface area (Å²) in [5, 5.41) is 9.52. The zero-order valence-corrected chi connectivity index (χ0v) is 27.6. The van der Waals surface area contributed by atoms with Gasteiger partial charge in [-0.2, -0.15) is 0 Å². The highest BCUT2D eigenvalue weighted by Crippen LogP contribution is 2.10. The van der Waals surface area contributed by atoms with Gasteiger partial charge in [-0.3, -0.25) is 9.59 Å². The highest BCUT2D eigenvalue weighted by Gasteiger charge is 2.31. The number of nitrogens with zero attached hydrogens (tertiary/aromatic N) is 1. The summed E-state index contributed by atoms with van der Waals surface area (Å²) in [4.78, 5) is 36.4. The molecule has 0 aliphatic heterocycles. The first-order valence-corrected chi connectivity index (χ1v) is 16.2. The lowest BCUT2D eigenvalue weighted by Crippen LogP contribution is -2.50. The van der Waals surface area contributed by atoms with Crippen molar-refractivity contribution in [2.75, 3.05) is 41.0 Å². The highest BCUT2D eigenvalue weighted by atomic mass is 16.6. The van der Waals surface area contributed by atoms with Crippen LogP contribution in [0.25, 0.3) is 0 Å². The Balaban J connectivity index is 4.62. The Morgan fingerprint density at radius 1 is 0.721 bits per heavy atom. The molecule has 0 aromatic heterocycles. The standard InChI is InChI=1S/C35H59NO7/c1-6-8-10-12-14-15-16-17-18-20-22-24-26-34(38)43-31(29-41-28-27-32(35(39)40)36(3,4)5)30-42-33(37)25-23-21-19-13-11-9-7-2/h8,10,14-15,17-19,21,31-32H,6-7,9,11-13,16,20,22-30H2,1-5H3/p+1/b10-8+,15-14+,18-17+,21-19+. The molecule has 43 heavy (non-hydrogen) atoms. The lowest BCUT2D eigenvalue weighted by atomic mass is 10.1. The minimum absolute atomic E-state index is 0.0321. The lowest BCUT2D eigenvalue weighted by molar-refractivity contribution is -0.887. The topological polar surface area (TPSA) is 99.1 Å². The predicted octanol–water partition coefficient (Wildman–Crippen LogP) is 7.34. The summed E-state index contributed by atoms with van der Waals surface area (Å²) in [5.74, 6) is -1.60. The molecule has 2 unspecified atom stereocenters. The number of rotatable bonds is 27. The molecule has 246 valence electrons. The smallest absolute Gasteiger partial charge is 0.362 e. The minimum Gasteiger partial charge on any atom is -0.477 e. The summed E-state index contributed by atoms with van der Waals surface area (Å²) >= 11 is 0. The molecule has 0 spiro atoms. The molecule has 8 heteroatoms. The van der Waals surface area contributed by atoms with Crippen molar-refractivity contribution in [1.82, 2.24) is 0 Å². The van der Waals surface area contributed by atoms with Crippen LogP contribution >= 0.6 is 0 Å². The number of carboxylic acids is 1. The maximum atomic E-state index is 12.5. The van der Waals surface area contributed by atoms with Crippen LogP contribution in [-0.2, 0) is 28.6 Å². The molecule has 0 aliphatic carbocycles. The molecule has 0 aliphatic rings. The number of carboxylic acid groups (broad SMARTS) is 1. The van der Waals surface area contributed by atoms with Crippen LogP contribution in [0.2, 0.25) is 0 Å². The van der Waals surface area contributed by atoms with Crippen LogP contribution in [0.15, 0.2) is 48.6 Å². The second kappa shape index (κ2) is 26.9. The van der Waals surface area contributed by atoms with E-state index >= 15 is 0 Å². The molecule has 0 bridgehead atoms. The Labute approximate surface area is 261 Å². The molecule has 0 fully saturated rings. The van der Waals surface area contributed by atoms with Gasteiger partial charge in [0.2, 0.25) is 0 Å². The third-order valence-corrected chi connectivity index (χ3v) is 6.73. The van der Waals surface area contributed by atoms with Crippen LogP contribution in [0, 0.1) is 0 Å². The van der Waals surface area contributed by atoms with Crippen molar-refractivity contribution < 1.29 is 38.2 Å². The molecular weight excluding hydrogens is 546 g/mol. The monoisotopic (exact) mass is 606 g/mol. The van der Waals surface area contributed by atoms with E-state index in [1.165, 1.54) is 12.8 Å². The van der Waals surface area contributed by atoms with Crippen LogP contribution in [0.3, 0.4) is 0 Å². The molecular formula is C35H60NO7+. The molecule has 2 atom stereocenters. The van der Waals surface area contributed by atoms with Crippen LogP contribution in [-0.4, -0.2) is 80.6 Å². The number of likely N-dealkylation sites (N-methyl/N-ethyl adjacent to an activating group) is 1. The summed E-state index contributed by atoms with van der Waals surface area (Å²) in [5.41, 5.74) is 0. The molecule has 0 saturated carbocycles. The third-order valence-electron chi connectivity index (χ3n) is 6.73. The Bertz CT molecular complexity index is 855. The largest absolute Gasteiger partial charge is 0.477 e. The summed E-state index contributed by atoms with van der Waals surface area (Å²) in [6, 6.07) is -0.623. The fraction of sp³-hybridized carbons (Fsp3) is 0.686. The number of aliphatic carboxylic acids is 1. The Hall–Kier alpha value is -2.71. The normalized spacial score (nSPS) is 13.8. The SMILES string of the molecule is CC/C=C/C/C=C/C/C=C/CCCCC(=O)OC(COCCC(C(=O)O)[N+](C)(C)C)COC(=O)CC/C=C/CCCCC. The first-order chi connectivity index (χ1) is 20.6. The van der Waals surface area contributed by atoms with Crippen molar-refractivity contribution in [3.8, 4) is 0 Å². The van der Waals surface area contributed by atoms with Gasteiger partial charge in [-0.1, -0.05) is 75.3 Å².